The number of methoxy groups -OCH3 is 1. The first kappa shape index (κ1) is 31.2. The summed E-state index contributed by atoms with van der Waals surface area (Å²) in [5.41, 5.74) is 5.17. The fourth-order valence-corrected chi connectivity index (χ4v) is 9.36. The van der Waals surface area contributed by atoms with Gasteiger partial charge in [0.25, 0.3) is 5.91 Å². The molecule has 2 aliphatic carbocycles. The lowest BCUT2D eigenvalue weighted by Gasteiger charge is -2.45. The molecule has 3 heterocycles. The van der Waals surface area contributed by atoms with Crippen molar-refractivity contribution in [1.82, 2.24) is 23.8 Å². The van der Waals surface area contributed by atoms with Gasteiger partial charge in [0, 0.05) is 66.7 Å². The Kier molecular flexibility index (Phi) is 7.72. The molecule has 1 saturated heterocycles. The highest BCUT2D eigenvalue weighted by molar-refractivity contribution is 7.88. The zero-order chi connectivity index (χ0) is 32.5. The molecule has 1 aromatic heterocycles. The zero-order valence-electron chi connectivity index (χ0n) is 27.4. The number of amides is 2. The number of benzene rings is 2. The minimum atomic E-state index is -3.97. The van der Waals surface area contributed by atoms with Crippen molar-refractivity contribution >= 4 is 32.9 Å². The number of ether oxygens (including phenoxy) is 1. The van der Waals surface area contributed by atoms with Crippen molar-refractivity contribution < 1.29 is 22.7 Å². The molecule has 11 heteroatoms. The molecule has 2 amide bonds. The van der Waals surface area contributed by atoms with Crippen LogP contribution in [-0.4, -0.2) is 81.0 Å². The lowest BCUT2D eigenvalue weighted by Crippen LogP contribution is -2.59. The number of carbonyl (C=O) groups excluding carboxylic acids is 2. The van der Waals surface area contributed by atoms with E-state index in [1.807, 2.05) is 18.2 Å². The van der Waals surface area contributed by atoms with Crippen molar-refractivity contribution in [1.29, 1.82) is 0 Å². The Morgan fingerprint density at radius 2 is 1.72 bits per heavy atom. The van der Waals surface area contributed by atoms with Gasteiger partial charge in [-0.05, 0) is 87.5 Å². The summed E-state index contributed by atoms with van der Waals surface area (Å²) in [7, 11) is 1.09. The van der Waals surface area contributed by atoms with E-state index in [1.165, 1.54) is 31.9 Å². The standard InChI is InChI=1S/C35H45N5O5S/c1-21-18-38(4)19-22(2)40(21)34(42)35-17-29(35)28-16-25(45-5)12-14-26(28)32-31(23-9-7-6-8-10-23)27-13-11-24(15-30(27)39(32)20-35)33(41)37-46(43,44)36-3/h11-16,21-23,29,36H,6-10,17-20H2,1-5H3,(H,37,41)/t21-,22?,29?,35?/m0/s1. The van der Waals surface area contributed by atoms with E-state index in [1.54, 1.807) is 13.2 Å². The van der Waals surface area contributed by atoms with Crippen LogP contribution in [0.3, 0.4) is 0 Å². The molecule has 246 valence electrons. The highest BCUT2D eigenvalue weighted by Gasteiger charge is 2.64. The number of hydrogen-bond acceptors (Lipinski definition) is 6. The third-order valence-corrected chi connectivity index (χ3v) is 12.0. The van der Waals surface area contributed by atoms with Gasteiger partial charge in [-0.2, -0.15) is 8.42 Å². The van der Waals surface area contributed by atoms with Crippen LogP contribution in [0.5, 0.6) is 5.75 Å². The SMILES string of the molecule is CNS(=O)(=O)NC(=O)c1ccc2c(C3CCCCC3)c3n(c2c1)CC1(C(=O)N2C(C)CN(C)C[C@@H]2C)CC1c1cc(OC)ccc1-3. The first-order valence-electron chi connectivity index (χ1n) is 16.6. The first-order chi connectivity index (χ1) is 22.0. The molecule has 2 aliphatic heterocycles. The summed E-state index contributed by atoms with van der Waals surface area (Å²) in [6.07, 6.45) is 6.48. The molecule has 10 nitrogen and oxygen atoms in total. The second-order valence-corrected chi connectivity index (χ2v) is 15.7. The van der Waals surface area contributed by atoms with Gasteiger partial charge < -0.3 is 19.1 Å². The Morgan fingerprint density at radius 1 is 1.00 bits per heavy atom. The van der Waals surface area contributed by atoms with Crippen molar-refractivity contribution in [2.75, 3.05) is 34.3 Å². The van der Waals surface area contributed by atoms with Crippen LogP contribution in [0, 0.1) is 5.41 Å². The van der Waals surface area contributed by atoms with Crippen LogP contribution in [0.25, 0.3) is 22.2 Å². The van der Waals surface area contributed by atoms with Gasteiger partial charge >= 0.3 is 10.2 Å². The zero-order valence-corrected chi connectivity index (χ0v) is 28.2. The number of fused-ring (bicyclic) bond motifs is 7. The van der Waals surface area contributed by atoms with Gasteiger partial charge in [-0.15, -0.1) is 0 Å². The summed E-state index contributed by atoms with van der Waals surface area (Å²) in [5.74, 6) is 0.681. The fraction of sp³-hybridized carbons (Fsp3) is 0.543. The van der Waals surface area contributed by atoms with Crippen LogP contribution in [0.4, 0.5) is 0 Å². The number of carbonyl (C=O) groups is 2. The monoisotopic (exact) mass is 647 g/mol. The fourth-order valence-electron chi connectivity index (χ4n) is 8.90. The quantitative estimate of drug-likeness (QED) is 0.405. The predicted molar refractivity (Wildman–Crippen MR) is 178 cm³/mol. The van der Waals surface area contributed by atoms with E-state index in [-0.39, 0.29) is 29.5 Å². The highest BCUT2D eigenvalue weighted by Crippen LogP contribution is 2.66. The molecule has 0 bridgehead atoms. The molecular formula is C35H45N5O5S. The van der Waals surface area contributed by atoms with Gasteiger partial charge in [0.2, 0.25) is 5.91 Å². The summed E-state index contributed by atoms with van der Waals surface area (Å²) in [6.45, 7) is 6.45. The Morgan fingerprint density at radius 3 is 2.39 bits per heavy atom. The smallest absolute Gasteiger partial charge is 0.301 e. The molecule has 0 spiro atoms. The number of rotatable bonds is 6. The molecule has 46 heavy (non-hydrogen) atoms. The Labute approximate surface area is 271 Å². The van der Waals surface area contributed by atoms with Crippen molar-refractivity contribution in [3.8, 4) is 17.0 Å². The maximum atomic E-state index is 14.9. The molecule has 4 atom stereocenters. The molecular weight excluding hydrogens is 602 g/mol. The number of nitrogens with one attached hydrogen (secondary N) is 2. The summed E-state index contributed by atoms with van der Waals surface area (Å²) >= 11 is 0. The summed E-state index contributed by atoms with van der Waals surface area (Å²) in [5, 5.41) is 1.07. The molecule has 2 saturated carbocycles. The third kappa shape index (κ3) is 5.02. The number of nitrogens with zero attached hydrogens (tertiary/aromatic N) is 3. The second-order valence-electron chi connectivity index (χ2n) is 14.1. The summed E-state index contributed by atoms with van der Waals surface area (Å²) < 4.78 is 36.7. The van der Waals surface area contributed by atoms with Gasteiger partial charge in [-0.3, -0.25) is 9.59 Å². The first-order valence-corrected chi connectivity index (χ1v) is 18.1. The van der Waals surface area contributed by atoms with E-state index in [0.717, 1.165) is 65.8 Å². The number of aromatic nitrogens is 1. The number of likely N-dealkylation sites (N-methyl/N-ethyl adjacent to an activating group) is 1. The summed E-state index contributed by atoms with van der Waals surface area (Å²) in [4.78, 5) is 32.5. The van der Waals surface area contributed by atoms with Gasteiger partial charge in [-0.25, -0.2) is 9.44 Å². The predicted octanol–water partition coefficient (Wildman–Crippen LogP) is 4.60. The molecule has 3 aromatic rings. The maximum Gasteiger partial charge on any atom is 0.301 e. The molecule has 7 rings (SSSR count). The minimum absolute atomic E-state index is 0.0468. The lowest BCUT2D eigenvalue weighted by atomic mass is 9.81. The van der Waals surface area contributed by atoms with Crippen LogP contribution < -0.4 is 14.2 Å². The van der Waals surface area contributed by atoms with Crippen molar-refractivity contribution in [3.05, 3.63) is 53.1 Å². The van der Waals surface area contributed by atoms with Crippen molar-refractivity contribution in [2.45, 2.75) is 82.8 Å². The molecule has 2 N–H and O–H groups in total. The Hall–Kier alpha value is -3.41. The number of hydrogen-bond donors (Lipinski definition) is 2. The van der Waals surface area contributed by atoms with Crippen LogP contribution in [0.15, 0.2) is 36.4 Å². The topological polar surface area (TPSA) is 113 Å². The van der Waals surface area contributed by atoms with Crippen LogP contribution >= 0.6 is 0 Å². The minimum Gasteiger partial charge on any atom is -0.497 e. The van der Waals surface area contributed by atoms with E-state index >= 15 is 0 Å². The molecule has 3 fully saturated rings. The molecule has 3 unspecified atom stereocenters. The summed E-state index contributed by atoms with van der Waals surface area (Å²) in [6, 6.07) is 12.0. The van der Waals surface area contributed by atoms with Crippen LogP contribution in [-0.2, 0) is 21.5 Å². The lowest BCUT2D eigenvalue weighted by molar-refractivity contribution is -0.145. The van der Waals surface area contributed by atoms with E-state index in [2.05, 4.69) is 56.8 Å². The Balaban J connectivity index is 1.45. The molecule has 2 aromatic carbocycles. The molecule has 4 aliphatic rings. The maximum absolute atomic E-state index is 14.9. The van der Waals surface area contributed by atoms with Crippen LogP contribution in [0.2, 0.25) is 0 Å². The van der Waals surface area contributed by atoms with Crippen LogP contribution in [0.1, 0.15) is 85.7 Å². The van der Waals surface area contributed by atoms with Gasteiger partial charge in [0.05, 0.1) is 18.2 Å². The number of piperazine rings is 1. The largest absolute Gasteiger partial charge is 0.497 e. The third-order valence-electron chi connectivity index (χ3n) is 11.0. The van der Waals surface area contributed by atoms with E-state index in [9.17, 15) is 18.0 Å². The average Bonchev–Trinajstić information content (AvgIpc) is 3.70. The normalized spacial score (nSPS) is 26.5. The van der Waals surface area contributed by atoms with Crippen molar-refractivity contribution in [3.63, 3.8) is 0 Å². The van der Waals surface area contributed by atoms with E-state index < -0.39 is 21.5 Å². The van der Waals surface area contributed by atoms with Gasteiger partial charge in [0.1, 0.15) is 5.75 Å². The second kappa shape index (κ2) is 11.4. The van der Waals surface area contributed by atoms with Gasteiger partial charge in [0.15, 0.2) is 0 Å². The van der Waals surface area contributed by atoms with E-state index in [0.29, 0.717) is 12.5 Å². The molecule has 0 radical (unpaired) electrons. The van der Waals surface area contributed by atoms with E-state index in [4.69, 9.17) is 4.74 Å². The van der Waals surface area contributed by atoms with Crippen molar-refractivity contribution in [2.24, 2.45) is 5.41 Å². The highest BCUT2D eigenvalue weighted by atomic mass is 32.2. The van der Waals surface area contributed by atoms with Gasteiger partial charge in [-0.1, -0.05) is 25.3 Å². The Bertz CT molecular complexity index is 1820. The average molecular weight is 648 g/mol.